The molecule has 60 valence electrons. The summed E-state index contributed by atoms with van der Waals surface area (Å²) in [5.74, 6) is 0.906. The number of hydrogen-bond donors (Lipinski definition) is 0. The summed E-state index contributed by atoms with van der Waals surface area (Å²) in [4.78, 5) is 0. The van der Waals surface area contributed by atoms with Gasteiger partial charge in [0.25, 0.3) is 0 Å². The molecule has 1 nitrogen and oxygen atoms in total. The Morgan fingerprint density at radius 1 is 1.40 bits per heavy atom. The molecule has 0 amide bonds. The van der Waals surface area contributed by atoms with E-state index < -0.39 is 0 Å². The number of hydrogen-bond acceptors (Lipinski definition) is 2. The van der Waals surface area contributed by atoms with Crippen molar-refractivity contribution in [3.05, 3.63) is 0 Å². The Balaban J connectivity index is 2.24. The van der Waals surface area contributed by atoms with Crippen molar-refractivity contribution < 1.29 is 4.74 Å². The fourth-order valence-electron chi connectivity index (χ4n) is 1.38. The highest BCUT2D eigenvalue weighted by molar-refractivity contribution is 7.99. The van der Waals surface area contributed by atoms with Crippen LogP contribution in [0.15, 0.2) is 0 Å². The maximum absolute atomic E-state index is 5.29. The van der Waals surface area contributed by atoms with Crippen molar-refractivity contribution in [1.29, 1.82) is 0 Å². The van der Waals surface area contributed by atoms with Gasteiger partial charge in [-0.25, -0.2) is 0 Å². The zero-order chi connectivity index (χ0) is 7.40. The molecule has 0 aromatic carbocycles. The molecule has 0 N–H and O–H groups in total. The van der Waals surface area contributed by atoms with Gasteiger partial charge in [-0.2, -0.15) is 11.8 Å². The van der Waals surface area contributed by atoms with Gasteiger partial charge in [0.1, 0.15) is 0 Å². The Morgan fingerprint density at radius 3 is 2.50 bits per heavy atom. The van der Waals surface area contributed by atoms with Crippen LogP contribution < -0.4 is 0 Å². The van der Waals surface area contributed by atoms with Gasteiger partial charge in [0, 0.05) is 18.5 Å². The quantitative estimate of drug-likeness (QED) is 0.612. The first kappa shape index (κ1) is 8.41. The van der Waals surface area contributed by atoms with E-state index in [-0.39, 0.29) is 0 Å². The molecule has 0 aromatic rings. The Labute approximate surface area is 67.5 Å². The van der Waals surface area contributed by atoms with E-state index in [0.717, 1.165) is 24.4 Å². The van der Waals surface area contributed by atoms with Crippen LogP contribution in [-0.2, 0) is 4.74 Å². The van der Waals surface area contributed by atoms with Crippen molar-refractivity contribution in [2.45, 2.75) is 25.0 Å². The molecule has 1 aliphatic heterocycles. The van der Waals surface area contributed by atoms with Gasteiger partial charge < -0.3 is 4.74 Å². The van der Waals surface area contributed by atoms with Crippen molar-refractivity contribution >= 4 is 11.8 Å². The molecular formula is C8H16OS. The summed E-state index contributed by atoms with van der Waals surface area (Å²) in [5.41, 5.74) is 0. The Morgan fingerprint density at radius 2 is 2.00 bits per heavy atom. The van der Waals surface area contributed by atoms with Crippen molar-refractivity contribution in [3.8, 4) is 0 Å². The van der Waals surface area contributed by atoms with E-state index in [9.17, 15) is 0 Å². The first-order valence-electron chi connectivity index (χ1n) is 3.95. The Kier molecular flexibility index (Phi) is 3.57. The molecule has 10 heavy (non-hydrogen) atoms. The van der Waals surface area contributed by atoms with Gasteiger partial charge in [-0.1, -0.05) is 6.92 Å². The first-order chi connectivity index (χ1) is 4.84. The van der Waals surface area contributed by atoms with Crippen molar-refractivity contribution in [3.63, 3.8) is 0 Å². The van der Waals surface area contributed by atoms with Gasteiger partial charge >= 0.3 is 0 Å². The second kappa shape index (κ2) is 4.24. The summed E-state index contributed by atoms with van der Waals surface area (Å²) in [6.07, 6.45) is 4.73. The molecule has 1 unspecified atom stereocenters. The Bertz CT molecular complexity index is 89.3. The maximum Gasteiger partial charge on any atom is 0.0469 e. The van der Waals surface area contributed by atoms with E-state index in [1.807, 2.05) is 11.8 Å². The van der Waals surface area contributed by atoms with Gasteiger partial charge in [-0.05, 0) is 25.0 Å². The predicted molar refractivity (Wildman–Crippen MR) is 46.5 cm³/mol. The zero-order valence-corrected chi connectivity index (χ0v) is 7.62. The normalized spacial score (nSPS) is 24.6. The lowest BCUT2D eigenvalue weighted by Gasteiger charge is -2.26. The van der Waals surface area contributed by atoms with Crippen molar-refractivity contribution in [2.75, 3.05) is 19.5 Å². The van der Waals surface area contributed by atoms with E-state index in [1.54, 1.807) is 0 Å². The second-order valence-corrected chi connectivity index (χ2v) is 4.11. The lowest BCUT2D eigenvalue weighted by molar-refractivity contribution is 0.0669. The molecule has 1 rings (SSSR count). The molecule has 0 aromatic heterocycles. The zero-order valence-electron chi connectivity index (χ0n) is 6.80. The minimum Gasteiger partial charge on any atom is -0.381 e. The lowest BCUT2D eigenvalue weighted by atomic mass is 9.97. The van der Waals surface area contributed by atoms with E-state index in [0.29, 0.717) is 0 Å². The highest BCUT2D eigenvalue weighted by Gasteiger charge is 2.18. The van der Waals surface area contributed by atoms with Crippen molar-refractivity contribution in [1.82, 2.24) is 0 Å². The minimum atomic E-state index is 0.823. The number of rotatable bonds is 2. The third-order valence-electron chi connectivity index (χ3n) is 2.30. The van der Waals surface area contributed by atoms with Crippen LogP contribution in [0, 0.1) is 5.92 Å². The summed E-state index contributed by atoms with van der Waals surface area (Å²) >= 11 is 1.98. The van der Waals surface area contributed by atoms with E-state index >= 15 is 0 Å². The van der Waals surface area contributed by atoms with Crippen LogP contribution in [0.25, 0.3) is 0 Å². The molecule has 0 radical (unpaired) electrons. The molecule has 1 atom stereocenters. The van der Waals surface area contributed by atoms with Gasteiger partial charge in [-0.3, -0.25) is 0 Å². The van der Waals surface area contributed by atoms with E-state index in [1.165, 1.54) is 12.8 Å². The van der Waals surface area contributed by atoms with Crippen LogP contribution >= 0.6 is 11.8 Å². The minimum absolute atomic E-state index is 0.823. The van der Waals surface area contributed by atoms with Crippen LogP contribution in [0.2, 0.25) is 0 Å². The highest BCUT2D eigenvalue weighted by atomic mass is 32.2. The molecule has 0 saturated carbocycles. The van der Waals surface area contributed by atoms with E-state index in [2.05, 4.69) is 13.2 Å². The number of thioether (sulfide) groups is 1. The lowest BCUT2D eigenvalue weighted by Crippen LogP contribution is -2.22. The molecule has 1 heterocycles. The van der Waals surface area contributed by atoms with E-state index in [4.69, 9.17) is 4.74 Å². The van der Waals surface area contributed by atoms with Crippen molar-refractivity contribution in [2.24, 2.45) is 5.92 Å². The molecule has 2 heteroatoms. The topological polar surface area (TPSA) is 9.23 Å². The largest absolute Gasteiger partial charge is 0.381 e. The van der Waals surface area contributed by atoms with Gasteiger partial charge in [0.2, 0.25) is 0 Å². The van der Waals surface area contributed by atoms with Gasteiger partial charge in [0.05, 0.1) is 0 Å². The highest BCUT2D eigenvalue weighted by Crippen LogP contribution is 2.25. The predicted octanol–water partition coefficient (Wildman–Crippen LogP) is 2.16. The standard InChI is InChI=1S/C8H16OS/c1-7(10-2)8-3-5-9-6-4-8/h7-8H,3-6H2,1-2H3. The average molecular weight is 160 g/mol. The van der Waals surface area contributed by atoms with Crippen LogP contribution in [-0.4, -0.2) is 24.7 Å². The third kappa shape index (κ3) is 2.17. The van der Waals surface area contributed by atoms with Crippen LogP contribution in [0.1, 0.15) is 19.8 Å². The molecule has 0 spiro atoms. The monoisotopic (exact) mass is 160 g/mol. The SMILES string of the molecule is CSC(C)C1CCOCC1. The molecule has 1 fully saturated rings. The summed E-state index contributed by atoms with van der Waals surface area (Å²) in [7, 11) is 0. The maximum atomic E-state index is 5.29. The Hall–Kier alpha value is 0.310. The first-order valence-corrected chi connectivity index (χ1v) is 5.24. The third-order valence-corrected chi connectivity index (χ3v) is 3.43. The van der Waals surface area contributed by atoms with Crippen LogP contribution in [0.4, 0.5) is 0 Å². The summed E-state index contributed by atoms with van der Waals surface area (Å²) in [6, 6.07) is 0. The summed E-state index contributed by atoms with van der Waals surface area (Å²) < 4.78 is 5.29. The summed E-state index contributed by atoms with van der Waals surface area (Å²) in [5, 5.41) is 0.823. The van der Waals surface area contributed by atoms with Crippen LogP contribution in [0.3, 0.4) is 0 Å². The molecular weight excluding hydrogens is 144 g/mol. The smallest absolute Gasteiger partial charge is 0.0469 e. The fraction of sp³-hybridized carbons (Fsp3) is 1.00. The fourth-order valence-corrected chi connectivity index (χ4v) is 2.03. The summed E-state index contributed by atoms with van der Waals surface area (Å²) in [6.45, 7) is 4.28. The average Bonchev–Trinajstić information content (AvgIpc) is 2.05. The molecule has 0 aliphatic carbocycles. The van der Waals surface area contributed by atoms with Gasteiger partial charge in [0.15, 0.2) is 0 Å². The van der Waals surface area contributed by atoms with Crippen LogP contribution in [0.5, 0.6) is 0 Å². The van der Waals surface area contributed by atoms with Gasteiger partial charge in [-0.15, -0.1) is 0 Å². The molecule has 1 saturated heterocycles. The second-order valence-electron chi connectivity index (χ2n) is 2.89. The number of ether oxygens (including phenoxy) is 1. The molecule has 1 aliphatic rings. The molecule has 0 bridgehead atoms.